The van der Waals surface area contributed by atoms with E-state index in [0.717, 1.165) is 5.56 Å². The summed E-state index contributed by atoms with van der Waals surface area (Å²) < 4.78 is 25.6. The van der Waals surface area contributed by atoms with Gasteiger partial charge in [-0.1, -0.05) is 47.5 Å². The first-order valence-electron chi connectivity index (χ1n) is 6.26. The van der Waals surface area contributed by atoms with Gasteiger partial charge in [-0.05, 0) is 36.2 Å². The molecule has 0 heterocycles. The minimum atomic E-state index is -3.42. The lowest BCUT2D eigenvalue weighted by atomic mass is 10.2. The van der Waals surface area contributed by atoms with E-state index < -0.39 is 10.0 Å². The number of nitrogens with zero attached hydrogens (tertiary/aromatic N) is 1. The summed E-state index contributed by atoms with van der Waals surface area (Å²) in [6.45, 7) is 2.04. The van der Waals surface area contributed by atoms with E-state index in [4.69, 9.17) is 23.2 Å². The third kappa shape index (κ3) is 3.90. The van der Waals surface area contributed by atoms with E-state index in [0.29, 0.717) is 21.3 Å². The SMILES string of the molecule is Cc1ccccc1N(Cc1ccc(Cl)cc1Cl)S(C)(=O)=O. The summed E-state index contributed by atoms with van der Waals surface area (Å²) in [6.07, 6.45) is 1.18. The van der Waals surface area contributed by atoms with Crippen molar-refractivity contribution in [2.24, 2.45) is 0 Å². The van der Waals surface area contributed by atoms with Crippen molar-refractivity contribution in [3.63, 3.8) is 0 Å². The average molecular weight is 344 g/mol. The molecular weight excluding hydrogens is 329 g/mol. The van der Waals surface area contributed by atoms with E-state index in [1.165, 1.54) is 10.6 Å². The number of halogens is 2. The van der Waals surface area contributed by atoms with Crippen LogP contribution in [-0.4, -0.2) is 14.7 Å². The summed E-state index contributed by atoms with van der Waals surface area (Å²) in [5.41, 5.74) is 2.23. The average Bonchev–Trinajstić information content (AvgIpc) is 2.38. The Balaban J connectivity index is 2.46. The largest absolute Gasteiger partial charge is 0.266 e. The quantitative estimate of drug-likeness (QED) is 0.831. The molecule has 0 fully saturated rings. The van der Waals surface area contributed by atoms with Gasteiger partial charge in [0.1, 0.15) is 0 Å². The van der Waals surface area contributed by atoms with Gasteiger partial charge in [0.2, 0.25) is 10.0 Å². The van der Waals surface area contributed by atoms with Crippen molar-refractivity contribution in [2.45, 2.75) is 13.5 Å². The van der Waals surface area contributed by atoms with Crippen molar-refractivity contribution in [1.82, 2.24) is 0 Å². The summed E-state index contributed by atoms with van der Waals surface area (Å²) in [4.78, 5) is 0. The molecular formula is C15H15Cl2NO2S. The molecule has 0 aliphatic rings. The number of hydrogen-bond donors (Lipinski definition) is 0. The fourth-order valence-corrected chi connectivity index (χ4v) is 3.43. The molecule has 0 aliphatic carbocycles. The maximum atomic E-state index is 12.1. The zero-order valence-corrected chi connectivity index (χ0v) is 14.0. The number of para-hydroxylation sites is 1. The summed E-state index contributed by atoms with van der Waals surface area (Å²) in [5.74, 6) is 0. The zero-order valence-electron chi connectivity index (χ0n) is 11.7. The Kier molecular flexibility index (Phi) is 4.81. The molecule has 0 saturated carbocycles. The Morgan fingerprint density at radius 3 is 2.33 bits per heavy atom. The maximum Gasteiger partial charge on any atom is 0.232 e. The molecule has 112 valence electrons. The monoisotopic (exact) mass is 343 g/mol. The lowest BCUT2D eigenvalue weighted by Crippen LogP contribution is -2.30. The zero-order chi connectivity index (χ0) is 15.6. The first-order chi connectivity index (χ1) is 9.79. The predicted octanol–water partition coefficient (Wildman–Crippen LogP) is 4.27. The topological polar surface area (TPSA) is 37.4 Å². The van der Waals surface area contributed by atoms with Gasteiger partial charge < -0.3 is 0 Å². The van der Waals surface area contributed by atoms with Crippen LogP contribution in [0.4, 0.5) is 5.69 Å². The molecule has 2 aromatic rings. The van der Waals surface area contributed by atoms with Crippen LogP contribution < -0.4 is 4.31 Å². The lowest BCUT2D eigenvalue weighted by molar-refractivity contribution is 0.596. The predicted molar refractivity (Wildman–Crippen MR) is 88.7 cm³/mol. The maximum absolute atomic E-state index is 12.1. The van der Waals surface area contributed by atoms with Crippen LogP contribution in [0.1, 0.15) is 11.1 Å². The smallest absolute Gasteiger partial charge is 0.232 e. The highest BCUT2D eigenvalue weighted by atomic mass is 35.5. The number of benzene rings is 2. The number of aryl methyl sites for hydroxylation is 1. The summed E-state index contributed by atoms with van der Waals surface area (Å²) in [6, 6.07) is 12.4. The van der Waals surface area contributed by atoms with Crippen molar-refractivity contribution in [3.8, 4) is 0 Å². The van der Waals surface area contributed by atoms with Gasteiger partial charge in [0.15, 0.2) is 0 Å². The van der Waals surface area contributed by atoms with E-state index in [-0.39, 0.29) is 6.54 Å². The van der Waals surface area contributed by atoms with E-state index >= 15 is 0 Å². The summed E-state index contributed by atoms with van der Waals surface area (Å²) >= 11 is 12.0. The van der Waals surface area contributed by atoms with Crippen LogP contribution >= 0.6 is 23.2 Å². The second-order valence-electron chi connectivity index (χ2n) is 4.79. The minimum Gasteiger partial charge on any atom is -0.266 e. The summed E-state index contributed by atoms with van der Waals surface area (Å²) in [5, 5.41) is 0.968. The van der Waals surface area contributed by atoms with Gasteiger partial charge in [-0.2, -0.15) is 0 Å². The third-order valence-corrected chi connectivity index (χ3v) is 4.83. The van der Waals surface area contributed by atoms with Crippen molar-refractivity contribution >= 4 is 38.9 Å². The van der Waals surface area contributed by atoms with Crippen molar-refractivity contribution in [3.05, 3.63) is 63.6 Å². The number of sulfonamides is 1. The fraction of sp³-hybridized carbons (Fsp3) is 0.200. The molecule has 0 bridgehead atoms. The molecule has 0 atom stereocenters. The first-order valence-corrected chi connectivity index (χ1v) is 8.87. The Labute approximate surface area is 135 Å². The van der Waals surface area contributed by atoms with E-state index in [2.05, 4.69) is 0 Å². The Hall–Kier alpha value is -1.23. The van der Waals surface area contributed by atoms with Crippen molar-refractivity contribution in [2.75, 3.05) is 10.6 Å². The van der Waals surface area contributed by atoms with E-state index in [1.54, 1.807) is 24.3 Å². The van der Waals surface area contributed by atoms with Gasteiger partial charge in [0.25, 0.3) is 0 Å². The third-order valence-electron chi connectivity index (χ3n) is 3.11. The lowest BCUT2D eigenvalue weighted by Gasteiger charge is -2.24. The highest BCUT2D eigenvalue weighted by Gasteiger charge is 2.20. The van der Waals surface area contributed by atoms with Gasteiger partial charge in [0.05, 0.1) is 18.5 Å². The minimum absolute atomic E-state index is 0.166. The molecule has 0 aliphatic heterocycles. The van der Waals surface area contributed by atoms with Crippen LogP contribution in [0.25, 0.3) is 0 Å². The van der Waals surface area contributed by atoms with Gasteiger partial charge in [-0.25, -0.2) is 8.42 Å². The molecule has 6 heteroatoms. The van der Waals surface area contributed by atoms with Crippen LogP contribution in [0.3, 0.4) is 0 Å². The number of anilines is 1. The molecule has 0 spiro atoms. The van der Waals surface area contributed by atoms with Gasteiger partial charge in [-0.15, -0.1) is 0 Å². The molecule has 0 N–H and O–H groups in total. The second kappa shape index (κ2) is 6.26. The Morgan fingerprint density at radius 1 is 1.10 bits per heavy atom. The van der Waals surface area contributed by atoms with Crippen LogP contribution in [-0.2, 0) is 16.6 Å². The first kappa shape index (κ1) is 16.1. The van der Waals surface area contributed by atoms with E-state index in [1.807, 2.05) is 25.1 Å². The number of rotatable bonds is 4. The van der Waals surface area contributed by atoms with Crippen LogP contribution in [0.5, 0.6) is 0 Å². The van der Waals surface area contributed by atoms with Crippen molar-refractivity contribution < 1.29 is 8.42 Å². The number of hydrogen-bond acceptors (Lipinski definition) is 2. The molecule has 2 aromatic carbocycles. The Morgan fingerprint density at radius 2 is 1.76 bits per heavy atom. The van der Waals surface area contributed by atoms with Crippen molar-refractivity contribution in [1.29, 1.82) is 0 Å². The van der Waals surface area contributed by atoms with Crippen LogP contribution in [0.15, 0.2) is 42.5 Å². The van der Waals surface area contributed by atoms with Gasteiger partial charge in [0, 0.05) is 10.0 Å². The normalized spacial score (nSPS) is 11.4. The molecule has 0 saturated heterocycles. The molecule has 3 nitrogen and oxygen atoms in total. The summed E-state index contributed by atoms with van der Waals surface area (Å²) in [7, 11) is -3.42. The van der Waals surface area contributed by atoms with Crippen LogP contribution in [0.2, 0.25) is 10.0 Å². The highest BCUT2D eigenvalue weighted by molar-refractivity contribution is 7.92. The molecule has 0 unspecified atom stereocenters. The standard InChI is InChI=1S/C15H15Cl2NO2S/c1-11-5-3-4-6-15(11)18(21(2,19)20)10-12-7-8-13(16)9-14(12)17/h3-9H,10H2,1-2H3. The highest BCUT2D eigenvalue weighted by Crippen LogP contribution is 2.28. The molecule has 21 heavy (non-hydrogen) atoms. The molecule has 2 rings (SSSR count). The van der Waals surface area contributed by atoms with Gasteiger partial charge >= 0.3 is 0 Å². The van der Waals surface area contributed by atoms with Gasteiger partial charge in [-0.3, -0.25) is 4.31 Å². The molecule has 0 radical (unpaired) electrons. The Bertz CT molecular complexity index is 760. The molecule has 0 aromatic heterocycles. The molecule has 0 amide bonds. The fourth-order valence-electron chi connectivity index (χ4n) is 2.03. The van der Waals surface area contributed by atoms with Crippen LogP contribution in [0, 0.1) is 6.92 Å². The van der Waals surface area contributed by atoms with E-state index in [9.17, 15) is 8.42 Å². The second-order valence-corrected chi connectivity index (χ2v) is 7.54.